The van der Waals surface area contributed by atoms with Crippen LogP contribution in [0.3, 0.4) is 0 Å². The molecule has 1 aromatic heterocycles. The number of carbonyl (C=O) groups is 1. The van der Waals surface area contributed by atoms with Crippen molar-refractivity contribution in [1.82, 2.24) is 10.6 Å². The monoisotopic (exact) mass is 286 g/mol. The number of aliphatic hydroxyl groups is 1. The van der Waals surface area contributed by atoms with Crippen molar-refractivity contribution in [3.05, 3.63) is 60.1 Å². The minimum atomic E-state index is -0.459. The molecule has 1 saturated heterocycles. The van der Waals surface area contributed by atoms with Crippen molar-refractivity contribution in [3.8, 4) is 0 Å². The fourth-order valence-electron chi connectivity index (χ4n) is 2.58. The molecule has 1 aliphatic heterocycles. The fraction of sp³-hybridized carbons (Fsp3) is 0.312. The number of β-amino-alcohol motifs (C(OH)–C–C–N with tert-alkyl or cyclic N) is 1. The zero-order chi connectivity index (χ0) is 14.7. The summed E-state index contributed by atoms with van der Waals surface area (Å²) < 4.78 is 5.45. The Morgan fingerprint density at radius 2 is 2.10 bits per heavy atom. The Morgan fingerprint density at radius 1 is 1.29 bits per heavy atom. The van der Waals surface area contributed by atoms with Gasteiger partial charge in [-0.2, -0.15) is 0 Å². The van der Waals surface area contributed by atoms with Crippen LogP contribution >= 0.6 is 0 Å². The van der Waals surface area contributed by atoms with Crippen LogP contribution in [0.2, 0.25) is 0 Å². The van der Waals surface area contributed by atoms with E-state index in [1.54, 1.807) is 12.3 Å². The zero-order valence-corrected chi connectivity index (χ0v) is 11.5. The van der Waals surface area contributed by atoms with E-state index in [1.165, 1.54) is 0 Å². The van der Waals surface area contributed by atoms with E-state index in [4.69, 9.17) is 4.42 Å². The molecule has 1 aliphatic rings. The van der Waals surface area contributed by atoms with E-state index >= 15 is 0 Å². The van der Waals surface area contributed by atoms with Crippen molar-refractivity contribution in [1.29, 1.82) is 0 Å². The molecule has 5 heteroatoms. The number of rotatable bonds is 4. The largest absolute Gasteiger partial charge is 0.467 e. The molecule has 2 heterocycles. The third kappa shape index (κ3) is 3.15. The summed E-state index contributed by atoms with van der Waals surface area (Å²) in [4.78, 5) is 12.3. The molecule has 0 spiro atoms. The van der Waals surface area contributed by atoms with Gasteiger partial charge in [0.1, 0.15) is 11.8 Å². The lowest BCUT2D eigenvalue weighted by Crippen LogP contribution is -2.42. The van der Waals surface area contributed by atoms with Gasteiger partial charge in [-0.05, 0) is 24.1 Å². The maximum Gasteiger partial charge on any atom is 0.238 e. The van der Waals surface area contributed by atoms with Gasteiger partial charge in [-0.15, -0.1) is 0 Å². The predicted molar refractivity (Wildman–Crippen MR) is 77.6 cm³/mol. The Balaban J connectivity index is 1.79. The van der Waals surface area contributed by atoms with Crippen LogP contribution in [0.5, 0.6) is 0 Å². The smallest absolute Gasteiger partial charge is 0.238 e. The van der Waals surface area contributed by atoms with E-state index in [1.807, 2.05) is 36.4 Å². The molecular formula is C16H18N2O3. The molecule has 0 aliphatic carbocycles. The standard InChI is InChI=1S/C16H18N2O3/c19-12-9-13(17-10-12)16(20)18-15(14-7-4-8-21-14)11-5-2-1-3-6-11/h1-8,12-13,15,17,19H,9-10H2,(H,18,20). The number of aliphatic hydroxyl groups excluding tert-OH is 1. The van der Waals surface area contributed by atoms with E-state index in [-0.39, 0.29) is 18.0 Å². The average Bonchev–Trinajstić information content (AvgIpc) is 3.17. The highest BCUT2D eigenvalue weighted by Gasteiger charge is 2.30. The molecule has 110 valence electrons. The normalized spacial score (nSPS) is 22.9. The number of hydrogen-bond donors (Lipinski definition) is 3. The first kappa shape index (κ1) is 13.9. The first-order valence-corrected chi connectivity index (χ1v) is 7.04. The van der Waals surface area contributed by atoms with Gasteiger partial charge in [-0.3, -0.25) is 4.79 Å². The topological polar surface area (TPSA) is 74.5 Å². The molecule has 3 rings (SSSR count). The van der Waals surface area contributed by atoms with Crippen LogP contribution in [0.25, 0.3) is 0 Å². The number of furan rings is 1. The highest BCUT2D eigenvalue weighted by molar-refractivity contribution is 5.82. The zero-order valence-electron chi connectivity index (χ0n) is 11.5. The van der Waals surface area contributed by atoms with Gasteiger partial charge in [0.05, 0.1) is 18.4 Å². The van der Waals surface area contributed by atoms with Gasteiger partial charge in [0, 0.05) is 6.54 Å². The van der Waals surface area contributed by atoms with Crippen LogP contribution in [-0.4, -0.2) is 29.7 Å². The molecule has 1 aromatic carbocycles. The van der Waals surface area contributed by atoms with E-state index in [0.29, 0.717) is 18.7 Å². The van der Waals surface area contributed by atoms with Gasteiger partial charge < -0.3 is 20.2 Å². The Bertz CT molecular complexity index is 583. The molecular weight excluding hydrogens is 268 g/mol. The molecule has 5 nitrogen and oxygen atoms in total. The highest BCUT2D eigenvalue weighted by atomic mass is 16.3. The molecule has 2 aromatic rings. The molecule has 0 saturated carbocycles. The number of nitrogens with one attached hydrogen (secondary N) is 2. The molecule has 21 heavy (non-hydrogen) atoms. The summed E-state index contributed by atoms with van der Waals surface area (Å²) in [5.41, 5.74) is 0.958. The lowest BCUT2D eigenvalue weighted by atomic mass is 10.0. The molecule has 3 N–H and O–H groups in total. The SMILES string of the molecule is O=C(NC(c1ccccc1)c1ccco1)C1CC(O)CN1. The second-order valence-electron chi connectivity index (χ2n) is 5.22. The van der Waals surface area contributed by atoms with E-state index < -0.39 is 6.10 Å². The van der Waals surface area contributed by atoms with E-state index in [9.17, 15) is 9.90 Å². The molecule has 1 amide bonds. The lowest BCUT2D eigenvalue weighted by Gasteiger charge is -2.19. The maximum absolute atomic E-state index is 12.3. The Kier molecular flexibility index (Phi) is 4.03. The average molecular weight is 286 g/mol. The van der Waals surface area contributed by atoms with Gasteiger partial charge >= 0.3 is 0 Å². The van der Waals surface area contributed by atoms with Crippen molar-refractivity contribution in [3.63, 3.8) is 0 Å². The van der Waals surface area contributed by atoms with Crippen LogP contribution in [0.15, 0.2) is 53.1 Å². The summed E-state index contributed by atoms with van der Waals surface area (Å²) >= 11 is 0. The van der Waals surface area contributed by atoms with Gasteiger partial charge in [0.25, 0.3) is 0 Å². The summed E-state index contributed by atoms with van der Waals surface area (Å²) in [6, 6.07) is 12.6. The molecule has 0 radical (unpaired) electrons. The van der Waals surface area contributed by atoms with E-state index in [0.717, 1.165) is 5.56 Å². The summed E-state index contributed by atoms with van der Waals surface area (Å²) in [5.74, 6) is 0.560. The van der Waals surface area contributed by atoms with Gasteiger partial charge in [0.15, 0.2) is 0 Å². The van der Waals surface area contributed by atoms with Crippen molar-refractivity contribution in [2.75, 3.05) is 6.54 Å². The molecule has 1 fully saturated rings. The second kappa shape index (κ2) is 6.11. The minimum absolute atomic E-state index is 0.128. The fourth-order valence-corrected chi connectivity index (χ4v) is 2.58. The van der Waals surface area contributed by atoms with Gasteiger partial charge in [-0.1, -0.05) is 30.3 Å². The predicted octanol–water partition coefficient (Wildman–Crippen LogP) is 1.21. The Labute approximate surface area is 123 Å². The third-order valence-corrected chi connectivity index (χ3v) is 3.67. The van der Waals surface area contributed by atoms with Crippen molar-refractivity contribution in [2.24, 2.45) is 0 Å². The number of amides is 1. The maximum atomic E-state index is 12.3. The minimum Gasteiger partial charge on any atom is -0.467 e. The summed E-state index contributed by atoms with van der Waals surface area (Å²) in [5, 5.41) is 15.5. The first-order valence-electron chi connectivity index (χ1n) is 7.04. The molecule has 3 unspecified atom stereocenters. The van der Waals surface area contributed by atoms with Crippen LogP contribution < -0.4 is 10.6 Å². The third-order valence-electron chi connectivity index (χ3n) is 3.67. The van der Waals surface area contributed by atoms with Crippen LogP contribution in [0.4, 0.5) is 0 Å². The first-order chi connectivity index (χ1) is 10.2. The molecule has 0 bridgehead atoms. The van der Waals surface area contributed by atoms with Crippen LogP contribution in [0, 0.1) is 0 Å². The van der Waals surface area contributed by atoms with E-state index in [2.05, 4.69) is 10.6 Å². The second-order valence-corrected chi connectivity index (χ2v) is 5.22. The summed E-state index contributed by atoms with van der Waals surface area (Å²) in [7, 11) is 0. The van der Waals surface area contributed by atoms with Crippen LogP contribution in [-0.2, 0) is 4.79 Å². The van der Waals surface area contributed by atoms with Crippen molar-refractivity contribution >= 4 is 5.91 Å². The van der Waals surface area contributed by atoms with Gasteiger partial charge in [-0.25, -0.2) is 0 Å². The number of carbonyl (C=O) groups excluding carboxylic acids is 1. The number of benzene rings is 1. The Hall–Kier alpha value is -2.11. The summed E-state index contributed by atoms with van der Waals surface area (Å²) in [6.45, 7) is 0.453. The molecule has 3 atom stereocenters. The lowest BCUT2D eigenvalue weighted by molar-refractivity contribution is -0.123. The quantitative estimate of drug-likeness (QED) is 0.790. The van der Waals surface area contributed by atoms with Gasteiger partial charge in [0.2, 0.25) is 5.91 Å². The van der Waals surface area contributed by atoms with Crippen LogP contribution in [0.1, 0.15) is 23.8 Å². The Morgan fingerprint density at radius 3 is 2.71 bits per heavy atom. The highest BCUT2D eigenvalue weighted by Crippen LogP contribution is 2.23. The summed E-state index contributed by atoms with van der Waals surface area (Å²) in [6.07, 6.45) is 1.57. The van der Waals surface area contributed by atoms with Crippen molar-refractivity contribution in [2.45, 2.75) is 24.6 Å². The number of hydrogen-bond acceptors (Lipinski definition) is 4. The van der Waals surface area contributed by atoms with Crippen molar-refractivity contribution < 1.29 is 14.3 Å².